The zero-order valence-corrected chi connectivity index (χ0v) is 17.3. The molecule has 2 heterocycles. The third kappa shape index (κ3) is 3.72. The first-order chi connectivity index (χ1) is 14.0. The normalized spacial score (nSPS) is 14.3. The predicted molar refractivity (Wildman–Crippen MR) is 113 cm³/mol. The van der Waals surface area contributed by atoms with Gasteiger partial charge in [0, 0.05) is 50.1 Å². The number of carbonyl (C=O) groups is 1. The number of methoxy groups -OCH3 is 2. The van der Waals surface area contributed by atoms with Crippen LogP contribution in [0.4, 0.5) is 5.69 Å². The van der Waals surface area contributed by atoms with Crippen LogP contribution >= 0.6 is 0 Å². The number of aromatic amines is 1. The molecule has 0 spiro atoms. The molecule has 2 aromatic carbocycles. The molecular formula is C22H26N4O3. The van der Waals surface area contributed by atoms with Gasteiger partial charge in [0.1, 0.15) is 11.5 Å². The molecule has 1 aliphatic rings. The zero-order valence-electron chi connectivity index (χ0n) is 17.3. The first-order valence-corrected chi connectivity index (χ1v) is 9.72. The Balaban J connectivity index is 1.47. The van der Waals surface area contributed by atoms with Gasteiger partial charge in [0.2, 0.25) is 0 Å². The molecule has 7 heteroatoms. The van der Waals surface area contributed by atoms with Crippen LogP contribution in [-0.2, 0) is 0 Å². The maximum atomic E-state index is 13.0. The molecule has 0 radical (unpaired) electrons. The Morgan fingerprint density at radius 3 is 2.17 bits per heavy atom. The summed E-state index contributed by atoms with van der Waals surface area (Å²) >= 11 is 0. The van der Waals surface area contributed by atoms with E-state index < -0.39 is 0 Å². The molecule has 1 fully saturated rings. The molecule has 0 bridgehead atoms. The number of nitrogens with one attached hydrogen (secondary N) is 1. The number of carbonyl (C=O) groups excluding carboxylic acids is 1. The van der Waals surface area contributed by atoms with E-state index >= 15 is 0 Å². The minimum Gasteiger partial charge on any atom is -0.497 e. The topological polar surface area (TPSA) is 70.7 Å². The highest BCUT2D eigenvalue weighted by molar-refractivity contribution is 5.94. The molecule has 152 valence electrons. The van der Waals surface area contributed by atoms with Gasteiger partial charge in [-0.25, -0.2) is 4.98 Å². The molecule has 1 aliphatic heterocycles. The van der Waals surface area contributed by atoms with E-state index in [1.807, 2.05) is 35.2 Å². The van der Waals surface area contributed by atoms with E-state index in [9.17, 15) is 4.79 Å². The molecule has 4 rings (SSSR count). The first kappa shape index (κ1) is 19.1. The lowest BCUT2D eigenvalue weighted by atomic mass is 10.1. The number of nitrogens with zero attached hydrogens (tertiary/aromatic N) is 3. The maximum absolute atomic E-state index is 13.0. The maximum Gasteiger partial charge on any atom is 0.289 e. The Hall–Kier alpha value is -3.22. The van der Waals surface area contributed by atoms with Crippen LogP contribution in [0.15, 0.2) is 30.3 Å². The molecule has 1 amide bonds. The third-order valence-electron chi connectivity index (χ3n) is 5.57. The van der Waals surface area contributed by atoms with E-state index in [0.29, 0.717) is 18.9 Å². The highest BCUT2D eigenvalue weighted by Gasteiger charge is 2.25. The molecule has 0 atom stereocenters. The van der Waals surface area contributed by atoms with Crippen molar-refractivity contribution < 1.29 is 14.3 Å². The second-order valence-corrected chi connectivity index (χ2v) is 7.39. The fourth-order valence-electron chi connectivity index (χ4n) is 3.66. The number of hydrogen-bond donors (Lipinski definition) is 1. The largest absolute Gasteiger partial charge is 0.497 e. The number of hydrogen-bond acceptors (Lipinski definition) is 5. The van der Waals surface area contributed by atoms with Gasteiger partial charge in [-0.2, -0.15) is 0 Å². The molecule has 29 heavy (non-hydrogen) atoms. The number of piperazine rings is 1. The van der Waals surface area contributed by atoms with Crippen LogP contribution in [-0.4, -0.2) is 61.2 Å². The minimum atomic E-state index is -0.0561. The van der Waals surface area contributed by atoms with Crippen molar-refractivity contribution in [2.45, 2.75) is 13.8 Å². The number of H-pyrrole nitrogens is 1. The SMILES string of the molecule is COc1cc(OC)cc(N2CCN(C(=O)c3nc4cc(C)c(C)cc4[nH]3)CC2)c1. The van der Waals surface area contributed by atoms with Gasteiger partial charge in [0.05, 0.1) is 25.3 Å². The quantitative estimate of drug-likeness (QED) is 0.736. The van der Waals surface area contributed by atoms with Crippen LogP contribution in [0.25, 0.3) is 11.0 Å². The van der Waals surface area contributed by atoms with Crippen molar-refractivity contribution in [1.29, 1.82) is 0 Å². The van der Waals surface area contributed by atoms with Crippen LogP contribution in [0, 0.1) is 13.8 Å². The first-order valence-electron chi connectivity index (χ1n) is 9.72. The van der Waals surface area contributed by atoms with Crippen molar-refractivity contribution in [3.05, 3.63) is 47.3 Å². The fraction of sp³-hybridized carbons (Fsp3) is 0.364. The summed E-state index contributed by atoms with van der Waals surface area (Å²) in [6, 6.07) is 9.90. The van der Waals surface area contributed by atoms with Gasteiger partial charge in [-0.05, 0) is 37.1 Å². The number of ether oxygens (including phenoxy) is 2. The molecule has 0 saturated carbocycles. The number of imidazole rings is 1. The Labute approximate surface area is 170 Å². The van der Waals surface area contributed by atoms with Crippen LogP contribution in [0.1, 0.15) is 21.7 Å². The van der Waals surface area contributed by atoms with Crippen molar-refractivity contribution in [1.82, 2.24) is 14.9 Å². The molecule has 1 saturated heterocycles. The van der Waals surface area contributed by atoms with Gasteiger partial charge >= 0.3 is 0 Å². The standard InChI is InChI=1S/C22H26N4O3/c1-14-9-19-20(10-15(14)2)24-21(23-19)22(27)26-7-5-25(6-8-26)16-11-17(28-3)13-18(12-16)29-4/h9-13H,5-8H2,1-4H3,(H,23,24). The number of benzene rings is 2. The number of rotatable bonds is 4. The van der Waals surface area contributed by atoms with Crippen LogP contribution < -0.4 is 14.4 Å². The second kappa shape index (κ2) is 7.66. The minimum absolute atomic E-state index is 0.0561. The van der Waals surface area contributed by atoms with Gasteiger partial charge in [0.25, 0.3) is 5.91 Å². The van der Waals surface area contributed by atoms with E-state index in [-0.39, 0.29) is 5.91 Å². The fourth-order valence-corrected chi connectivity index (χ4v) is 3.66. The molecule has 0 aliphatic carbocycles. The third-order valence-corrected chi connectivity index (χ3v) is 5.57. The highest BCUT2D eigenvalue weighted by atomic mass is 16.5. The monoisotopic (exact) mass is 394 g/mol. The van der Waals surface area contributed by atoms with Gasteiger partial charge < -0.3 is 24.3 Å². The average molecular weight is 394 g/mol. The van der Waals surface area contributed by atoms with E-state index in [4.69, 9.17) is 9.47 Å². The van der Waals surface area contributed by atoms with E-state index in [1.54, 1.807) is 14.2 Å². The lowest BCUT2D eigenvalue weighted by Crippen LogP contribution is -2.49. The Bertz CT molecular complexity index is 990. The Morgan fingerprint density at radius 2 is 1.55 bits per heavy atom. The van der Waals surface area contributed by atoms with Crippen molar-refractivity contribution in [3.63, 3.8) is 0 Å². The molecule has 7 nitrogen and oxygen atoms in total. The summed E-state index contributed by atoms with van der Waals surface area (Å²) in [5, 5.41) is 0. The van der Waals surface area contributed by atoms with E-state index in [1.165, 1.54) is 11.1 Å². The second-order valence-electron chi connectivity index (χ2n) is 7.39. The number of amides is 1. The van der Waals surface area contributed by atoms with Crippen LogP contribution in [0.2, 0.25) is 0 Å². The van der Waals surface area contributed by atoms with Crippen molar-refractivity contribution >= 4 is 22.6 Å². The average Bonchev–Trinajstić information content (AvgIpc) is 3.15. The zero-order chi connectivity index (χ0) is 20.5. The van der Waals surface area contributed by atoms with Gasteiger partial charge in [-0.15, -0.1) is 0 Å². The van der Waals surface area contributed by atoms with Crippen molar-refractivity contribution in [3.8, 4) is 11.5 Å². The number of fused-ring (bicyclic) bond motifs is 1. The summed E-state index contributed by atoms with van der Waals surface area (Å²) in [6.07, 6.45) is 0. The summed E-state index contributed by atoms with van der Waals surface area (Å²) in [4.78, 5) is 24.7. The Kier molecular flexibility index (Phi) is 5.05. The van der Waals surface area contributed by atoms with Crippen molar-refractivity contribution in [2.24, 2.45) is 0 Å². The van der Waals surface area contributed by atoms with Gasteiger partial charge in [0.15, 0.2) is 5.82 Å². The number of anilines is 1. The summed E-state index contributed by atoms with van der Waals surface area (Å²) in [6.45, 7) is 6.85. The van der Waals surface area contributed by atoms with Crippen LogP contribution in [0.3, 0.4) is 0 Å². The molecule has 1 N–H and O–H groups in total. The van der Waals surface area contributed by atoms with Crippen molar-refractivity contribution in [2.75, 3.05) is 45.3 Å². The molecule has 1 aromatic heterocycles. The lowest BCUT2D eigenvalue weighted by Gasteiger charge is -2.36. The summed E-state index contributed by atoms with van der Waals surface area (Å²) < 4.78 is 10.7. The van der Waals surface area contributed by atoms with Gasteiger partial charge in [-0.3, -0.25) is 4.79 Å². The summed E-state index contributed by atoms with van der Waals surface area (Å²) in [7, 11) is 3.29. The van der Waals surface area contributed by atoms with Gasteiger partial charge in [-0.1, -0.05) is 0 Å². The summed E-state index contributed by atoms with van der Waals surface area (Å²) in [5.41, 5.74) is 5.12. The molecular weight excluding hydrogens is 368 g/mol. The number of aryl methyl sites for hydroxylation is 2. The highest BCUT2D eigenvalue weighted by Crippen LogP contribution is 2.29. The summed E-state index contributed by atoms with van der Waals surface area (Å²) in [5.74, 6) is 1.86. The molecule has 3 aromatic rings. The van der Waals surface area contributed by atoms with E-state index in [2.05, 4.69) is 28.7 Å². The Morgan fingerprint density at radius 1 is 0.931 bits per heavy atom. The lowest BCUT2D eigenvalue weighted by molar-refractivity contribution is 0.0736. The molecule has 0 unspecified atom stereocenters. The predicted octanol–water partition coefficient (Wildman–Crippen LogP) is 3.16. The van der Waals surface area contributed by atoms with Crippen LogP contribution in [0.5, 0.6) is 11.5 Å². The number of aromatic nitrogens is 2. The van der Waals surface area contributed by atoms with E-state index in [0.717, 1.165) is 41.3 Å². The smallest absolute Gasteiger partial charge is 0.289 e.